The molecular formula is C13H15N3. The summed E-state index contributed by atoms with van der Waals surface area (Å²) in [6, 6.07) is 2.03. The summed E-state index contributed by atoms with van der Waals surface area (Å²) < 4.78 is 0. The van der Waals surface area contributed by atoms with E-state index in [1.165, 1.54) is 31.3 Å². The van der Waals surface area contributed by atoms with Crippen LogP contribution in [0.3, 0.4) is 0 Å². The molecule has 0 spiro atoms. The number of aromatic amines is 1. The highest BCUT2D eigenvalue weighted by Crippen LogP contribution is 2.36. The van der Waals surface area contributed by atoms with Crippen LogP contribution in [0.1, 0.15) is 31.4 Å². The number of fused-ring (bicyclic) bond motifs is 1. The molecule has 3 rings (SSSR count). The van der Waals surface area contributed by atoms with Crippen molar-refractivity contribution in [3.05, 3.63) is 30.9 Å². The van der Waals surface area contributed by atoms with Crippen LogP contribution in [0, 0.1) is 5.92 Å². The lowest BCUT2D eigenvalue weighted by Crippen LogP contribution is -2.00. The Morgan fingerprint density at radius 2 is 2.12 bits per heavy atom. The molecule has 0 atom stereocenters. The standard InChI is InChI=1S/C13H15N3/c1-9(10-4-2-3-5-10)12-11-6-7-14-13(11)16-8-15-12/h6-8,10H,1-5H2,(H,14,15,16). The van der Waals surface area contributed by atoms with Crippen LogP contribution in [0.25, 0.3) is 16.6 Å². The third-order valence-electron chi connectivity index (χ3n) is 3.51. The summed E-state index contributed by atoms with van der Waals surface area (Å²) in [5.41, 5.74) is 3.12. The molecule has 1 N–H and O–H groups in total. The third kappa shape index (κ3) is 1.43. The van der Waals surface area contributed by atoms with E-state index in [1.54, 1.807) is 6.33 Å². The molecule has 0 amide bonds. The van der Waals surface area contributed by atoms with Crippen LogP contribution in [0.4, 0.5) is 0 Å². The van der Waals surface area contributed by atoms with Crippen molar-refractivity contribution in [2.45, 2.75) is 25.7 Å². The molecule has 0 aliphatic heterocycles. The van der Waals surface area contributed by atoms with Crippen molar-refractivity contribution in [3.8, 4) is 0 Å². The van der Waals surface area contributed by atoms with Gasteiger partial charge in [0.25, 0.3) is 0 Å². The molecule has 0 aromatic carbocycles. The molecule has 2 heterocycles. The zero-order valence-corrected chi connectivity index (χ0v) is 9.24. The van der Waals surface area contributed by atoms with Gasteiger partial charge in [-0.1, -0.05) is 19.4 Å². The Morgan fingerprint density at radius 3 is 2.94 bits per heavy atom. The monoisotopic (exact) mass is 213 g/mol. The SMILES string of the molecule is C=C(c1ncnc2[nH]ccc12)C1CCCC1. The lowest BCUT2D eigenvalue weighted by molar-refractivity contribution is 0.705. The van der Waals surface area contributed by atoms with Crippen LogP contribution >= 0.6 is 0 Å². The fourth-order valence-electron chi connectivity index (χ4n) is 2.60. The van der Waals surface area contributed by atoms with E-state index in [4.69, 9.17) is 0 Å². The number of hydrogen-bond donors (Lipinski definition) is 1. The van der Waals surface area contributed by atoms with E-state index < -0.39 is 0 Å². The van der Waals surface area contributed by atoms with Crippen LogP contribution in [-0.4, -0.2) is 15.0 Å². The van der Waals surface area contributed by atoms with E-state index in [1.807, 2.05) is 12.3 Å². The van der Waals surface area contributed by atoms with Gasteiger partial charge in [-0.3, -0.25) is 0 Å². The number of rotatable bonds is 2. The number of nitrogens with one attached hydrogen (secondary N) is 1. The number of allylic oxidation sites excluding steroid dienone is 1. The van der Waals surface area contributed by atoms with Crippen molar-refractivity contribution in [1.82, 2.24) is 15.0 Å². The summed E-state index contributed by atoms with van der Waals surface area (Å²) in [7, 11) is 0. The predicted molar refractivity (Wildman–Crippen MR) is 64.9 cm³/mol. The number of H-pyrrole nitrogens is 1. The first-order chi connectivity index (χ1) is 7.86. The van der Waals surface area contributed by atoms with Gasteiger partial charge in [-0.05, 0) is 30.4 Å². The molecule has 0 unspecified atom stereocenters. The summed E-state index contributed by atoms with van der Waals surface area (Å²) in [6.45, 7) is 4.23. The maximum absolute atomic E-state index is 4.39. The van der Waals surface area contributed by atoms with E-state index in [0.29, 0.717) is 5.92 Å². The van der Waals surface area contributed by atoms with Crippen molar-refractivity contribution in [1.29, 1.82) is 0 Å². The molecular weight excluding hydrogens is 198 g/mol. The highest BCUT2D eigenvalue weighted by atomic mass is 14.9. The number of hydrogen-bond acceptors (Lipinski definition) is 2. The summed E-state index contributed by atoms with van der Waals surface area (Å²) in [5.74, 6) is 0.619. The van der Waals surface area contributed by atoms with Gasteiger partial charge in [0.15, 0.2) is 0 Å². The Morgan fingerprint density at radius 1 is 1.31 bits per heavy atom. The van der Waals surface area contributed by atoms with Gasteiger partial charge in [0.1, 0.15) is 12.0 Å². The lowest BCUT2D eigenvalue weighted by atomic mass is 9.95. The molecule has 1 saturated carbocycles. The molecule has 2 aromatic heterocycles. The van der Waals surface area contributed by atoms with E-state index in [-0.39, 0.29) is 0 Å². The summed E-state index contributed by atoms with van der Waals surface area (Å²) >= 11 is 0. The van der Waals surface area contributed by atoms with Crippen LogP contribution in [0.2, 0.25) is 0 Å². The fraction of sp³-hybridized carbons (Fsp3) is 0.385. The van der Waals surface area contributed by atoms with E-state index >= 15 is 0 Å². The van der Waals surface area contributed by atoms with Gasteiger partial charge in [0, 0.05) is 11.6 Å². The molecule has 2 aromatic rings. The molecule has 1 aliphatic rings. The average molecular weight is 213 g/mol. The van der Waals surface area contributed by atoms with Gasteiger partial charge in [-0.15, -0.1) is 0 Å². The van der Waals surface area contributed by atoms with Gasteiger partial charge in [0.2, 0.25) is 0 Å². The summed E-state index contributed by atoms with van der Waals surface area (Å²) in [4.78, 5) is 11.7. The molecule has 0 bridgehead atoms. The third-order valence-corrected chi connectivity index (χ3v) is 3.51. The molecule has 16 heavy (non-hydrogen) atoms. The maximum Gasteiger partial charge on any atom is 0.141 e. The molecule has 3 heteroatoms. The van der Waals surface area contributed by atoms with Crippen molar-refractivity contribution >= 4 is 16.6 Å². The lowest BCUT2D eigenvalue weighted by Gasteiger charge is -2.12. The highest BCUT2D eigenvalue weighted by molar-refractivity contribution is 5.87. The first-order valence-corrected chi connectivity index (χ1v) is 5.83. The Labute approximate surface area is 94.6 Å². The smallest absolute Gasteiger partial charge is 0.141 e. The molecule has 82 valence electrons. The second-order valence-electron chi connectivity index (χ2n) is 4.47. The van der Waals surface area contributed by atoms with Gasteiger partial charge in [0.05, 0.1) is 5.69 Å². The minimum absolute atomic E-state index is 0.619. The van der Waals surface area contributed by atoms with Crippen LogP contribution in [0.15, 0.2) is 25.2 Å². The molecule has 0 radical (unpaired) electrons. The summed E-state index contributed by atoms with van der Waals surface area (Å²) in [5, 5.41) is 1.10. The topological polar surface area (TPSA) is 41.6 Å². The van der Waals surface area contributed by atoms with Crippen molar-refractivity contribution in [2.75, 3.05) is 0 Å². The van der Waals surface area contributed by atoms with Crippen molar-refractivity contribution in [3.63, 3.8) is 0 Å². The quantitative estimate of drug-likeness (QED) is 0.832. The average Bonchev–Trinajstić information content (AvgIpc) is 2.98. The van der Waals surface area contributed by atoms with Crippen LogP contribution in [0.5, 0.6) is 0 Å². The molecule has 1 fully saturated rings. The predicted octanol–water partition coefficient (Wildman–Crippen LogP) is 3.16. The largest absolute Gasteiger partial charge is 0.346 e. The number of nitrogens with zero attached hydrogens (tertiary/aromatic N) is 2. The second-order valence-corrected chi connectivity index (χ2v) is 4.47. The Balaban J connectivity index is 2.04. The Hall–Kier alpha value is -1.64. The van der Waals surface area contributed by atoms with Gasteiger partial charge >= 0.3 is 0 Å². The van der Waals surface area contributed by atoms with E-state index in [2.05, 4.69) is 21.5 Å². The first-order valence-electron chi connectivity index (χ1n) is 5.83. The zero-order valence-electron chi connectivity index (χ0n) is 9.24. The number of aromatic nitrogens is 3. The van der Waals surface area contributed by atoms with Crippen LogP contribution in [-0.2, 0) is 0 Å². The van der Waals surface area contributed by atoms with Crippen molar-refractivity contribution < 1.29 is 0 Å². The van der Waals surface area contributed by atoms with Gasteiger partial charge in [-0.2, -0.15) is 0 Å². The van der Waals surface area contributed by atoms with E-state index in [9.17, 15) is 0 Å². The van der Waals surface area contributed by atoms with Crippen LogP contribution < -0.4 is 0 Å². The fourth-order valence-corrected chi connectivity index (χ4v) is 2.60. The second kappa shape index (κ2) is 3.74. The van der Waals surface area contributed by atoms with Gasteiger partial charge in [-0.25, -0.2) is 9.97 Å². The van der Waals surface area contributed by atoms with Gasteiger partial charge < -0.3 is 4.98 Å². The summed E-state index contributed by atoms with van der Waals surface area (Å²) in [6.07, 6.45) is 8.69. The minimum Gasteiger partial charge on any atom is -0.346 e. The molecule has 3 nitrogen and oxygen atoms in total. The normalized spacial score (nSPS) is 17.0. The maximum atomic E-state index is 4.39. The minimum atomic E-state index is 0.619. The van der Waals surface area contributed by atoms with E-state index in [0.717, 1.165) is 16.7 Å². The Kier molecular flexibility index (Phi) is 2.24. The highest BCUT2D eigenvalue weighted by Gasteiger charge is 2.21. The Bertz CT molecular complexity index is 521. The zero-order chi connectivity index (χ0) is 11.0. The van der Waals surface area contributed by atoms with Crippen molar-refractivity contribution in [2.24, 2.45) is 5.92 Å². The molecule has 0 saturated heterocycles. The first kappa shape index (κ1) is 9.58. The molecule has 1 aliphatic carbocycles.